The van der Waals surface area contributed by atoms with Crippen molar-refractivity contribution in [1.82, 2.24) is 4.98 Å². The number of hydrogen-bond acceptors (Lipinski definition) is 1. The van der Waals surface area contributed by atoms with Gasteiger partial charge in [0.25, 0.3) is 0 Å². The van der Waals surface area contributed by atoms with E-state index >= 15 is 0 Å². The van der Waals surface area contributed by atoms with Crippen molar-refractivity contribution in [2.45, 2.75) is 0 Å². The van der Waals surface area contributed by atoms with Crippen LogP contribution in [0.1, 0.15) is 0 Å². The average Bonchev–Trinajstić information content (AvgIpc) is 1.85. The molecule has 1 aromatic heterocycles. The van der Waals surface area contributed by atoms with E-state index in [1.807, 2.05) is 0 Å². The second-order valence-electron chi connectivity index (χ2n) is 1.58. The highest BCUT2D eigenvalue weighted by Gasteiger charge is 1.99. The van der Waals surface area contributed by atoms with Crippen LogP contribution >= 0.6 is 0 Å². The maximum Gasteiger partial charge on any atom is 0.204 e. The van der Waals surface area contributed by atoms with Gasteiger partial charge >= 0.3 is 0 Å². The molecule has 0 fully saturated rings. The van der Waals surface area contributed by atoms with Crippen molar-refractivity contribution in [2.24, 2.45) is 0 Å². The van der Waals surface area contributed by atoms with Gasteiger partial charge in [0, 0.05) is 0 Å². The molecule has 0 saturated carbocycles. The molecule has 0 saturated heterocycles. The molecule has 0 amide bonds. The lowest BCUT2D eigenvalue weighted by molar-refractivity contribution is 0.514. The molecule has 10 heavy (non-hydrogen) atoms. The summed E-state index contributed by atoms with van der Waals surface area (Å²) in [6, 6.07) is 1.74. The molecular formula is C6H2F2N2. The van der Waals surface area contributed by atoms with Gasteiger partial charge in [-0.25, -0.2) is 4.85 Å². The van der Waals surface area contributed by atoms with E-state index < -0.39 is 11.9 Å². The minimum Gasteiger partial charge on any atom is -0.238 e. The minimum absolute atomic E-state index is 0.0787. The third-order valence-corrected chi connectivity index (χ3v) is 0.877. The Morgan fingerprint density at radius 2 is 1.80 bits per heavy atom. The largest absolute Gasteiger partial charge is 0.238 e. The Balaban J connectivity index is 3.22. The smallest absolute Gasteiger partial charge is 0.204 e. The molecule has 1 heterocycles. The van der Waals surface area contributed by atoms with Crippen LogP contribution in [0.5, 0.6) is 0 Å². The summed E-state index contributed by atoms with van der Waals surface area (Å²) >= 11 is 0. The molecule has 2 nitrogen and oxygen atoms in total. The maximum atomic E-state index is 12.1. The van der Waals surface area contributed by atoms with Crippen molar-refractivity contribution in [3.05, 3.63) is 35.4 Å². The van der Waals surface area contributed by atoms with Crippen LogP contribution in [0.3, 0.4) is 0 Å². The first-order chi connectivity index (χ1) is 4.72. The number of rotatable bonds is 0. The number of hydrogen-bond donors (Lipinski definition) is 0. The van der Waals surface area contributed by atoms with Crippen LogP contribution in [0.4, 0.5) is 14.5 Å². The molecule has 0 N–H and O–H groups in total. The summed E-state index contributed by atoms with van der Waals surface area (Å²) in [5.41, 5.74) is -0.0787. The van der Waals surface area contributed by atoms with E-state index in [2.05, 4.69) is 9.83 Å². The van der Waals surface area contributed by atoms with E-state index in [9.17, 15) is 8.78 Å². The Hall–Kier alpha value is -1.50. The van der Waals surface area contributed by atoms with Gasteiger partial charge in [-0.15, -0.1) is 0 Å². The Labute approximate surface area is 55.9 Å². The number of aromatic nitrogens is 1. The summed E-state index contributed by atoms with van der Waals surface area (Å²) in [5, 5.41) is 0. The average molecular weight is 140 g/mol. The first-order valence-corrected chi connectivity index (χ1v) is 2.43. The highest BCUT2D eigenvalue weighted by molar-refractivity contribution is 5.42. The molecule has 0 radical (unpaired) electrons. The maximum absolute atomic E-state index is 12.1. The van der Waals surface area contributed by atoms with E-state index in [-0.39, 0.29) is 5.69 Å². The van der Waals surface area contributed by atoms with E-state index in [1.165, 1.54) is 0 Å². The van der Waals surface area contributed by atoms with Crippen molar-refractivity contribution < 1.29 is 8.78 Å². The second kappa shape index (κ2) is 2.40. The summed E-state index contributed by atoms with van der Waals surface area (Å²) < 4.78 is 24.2. The predicted octanol–water partition coefficient (Wildman–Crippen LogP) is 1.91. The van der Waals surface area contributed by atoms with Crippen molar-refractivity contribution >= 4 is 5.69 Å². The molecule has 0 bridgehead atoms. The van der Waals surface area contributed by atoms with Gasteiger partial charge in [0.05, 0.1) is 6.57 Å². The van der Waals surface area contributed by atoms with Crippen molar-refractivity contribution in [2.75, 3.05) is 0 Å². The Morgan fingerprint density at radius 1 is 1.30 bits per heavy atom. The van der Waals surface area contributed by atoms with E-state index in [1.54, 1.807) is 0 Å². The number of halogens is 2. The lowest BCUT2D eigenvalue weighted by atomic mass is 10.4. The van der Waals surface area contributed by atoms with Crippen LogP contribution in [0.25, 0.3) is 4.85 Å². The normalized spacial score (nSPS) is 8.90. The third-order valence-electron chi connectivity index (χ3n) is 0.877. The molecular weight excluding hydrogens is 138 g/mol. The fourth-order valence-corrected chi connectivity index (χ4v) is 0.517. The molecule has 0 atom stereocenters. The van der Waals surface area contributed by atoms with E-state index in [0.717, 1.165) is 12.1 Å². The molecule has 1 rings (SSSR count). The molecule has 0 aliphatic heterocycles. The summed E-state index contributed by atoms with van der Waals surface area (Å²) in [6.45, 7) is 6.40. The predicted molar refractivity (Wildman–Crippen MR) is 30.4 cm³/mol. The monoisotopic (exact) mass is 140 g/mol. The quantitative estimate of drug-likeness (QED) is 0.397. The zero-order valence-corrected chi connectivity index (χ0v) is 4.81. The van der Waals surface area contributed by atoms with Gasteiger partial charge in [-0.2, -0.15) is 13.8 Å². The summed E-state index contributed by atoms with van der Waals surface area (Å²) in [5.74, 6) is -1.93. The van der Waals surface area contributed by atoms with E-state index in [0.29, 0.717) is 0 Å². The number of nitrogens with zero attached hydrogens (tertiary/aromatic N) is 2. The fraction of sp³-hybridized carbons (Fsp3) is 0. The molecule has 0 aromatic carbocycles. The first kappa shape index (κ1) is 6.62. The van der Waals surface area contributed by atoms with Crippen molar-refractivity contribution in [3.8, 4) is 0 Å². The van der Waals surface area contributed by atoms with Crippen LogP contribution in [-0.4, -0.2) is 4.98 Å². The molecule has 50 valence electrons. The summed E-state index contributed by atoms with van der Waals surface area (Å²) in [6.07, 6.45) is 0. The van der Waals surface area contributed by atoms with E-state index in [4.69, 9.17) is 6.57 Å². The van der Waals surface area contributed by atoms with Crippen LogP contribution in [-0.2, 0) is 0 Å². The van der Waals surface area contributed by atoms with Gasteiger partial charge in [0.2, 0.25) is 11.9 Å². The summed E-state index contributed by atoms with van der Waals surface area (Å²) in [4.78, 5) is 5.63. The molecule has 0 spiro atoms. The molecule has 0 aliphatic carbocycles. The minimum atomic E-state index is -0.967. The van der Waals surface area contributed by atoms with Crippen LogP contribution in [0, 0.1) is 18.5 Å². The van der Waals surface area contributed by atoms with Crippen LogP contribution in [0.15, 0.2) is 12.1 Å². The SMILES string of the molecule is [C-]#[N+]c1cc(F)nc(F)c1. The van der Waals surface area contributed by atoms with Gasteiger partial charge in [0.1, 0.15) is 0 Å². The van der Waals surface area contributed by atoms with Crippen LogP contribution in [0.2, 0.25) is 0 Å². The number of pyridine rings is 1. The lowest BCUT2D eigenvalue weighted by Crippen LogP contribution is -1.84. The topological polar surface area (TPSA) is 17.2 Å². The zero-order valence-electron chi connectivity index (χ0n) is 4.81. The third kappa shape index (κ3) is 1.26. The molecule has 4 heteroatoms. The lowest BCUT2D eigenvalue weighted by Gasteiger charge is -1.88. The Kier molecular flexibility index (Phi) is 1.59. The standard InChI is InChI=1S/C6H2F2N2/c1-9-4-2-5(7)10-6(8)3-4/h2-3H. The zero-order chi connectivity index (χ0) is 7.56. The molecule has 0 aliphatic rings. The summed E-state index contributed by atoms with van der Waals surface area (Å²) in [7, 11) is 0. The van der Waals surface area contributed by atoms with Crippen molar-refractivity contribution in [3.63, 3.8) is 0 Å². The first-order valence-electron chi connectivity index (χ1n) is 2.43. The Morgan fingerprint density at radius 3 is 2.20 bits per heavy atom. The highest BCUT2D eigenvalue weighted by atomic mass is 19.1. The van der Waals surface area contributed by atoms with Gasteiger partial charge in [-0.05, 0) is 12.1 Å². The molecule has 0 unspecified atom stereocenters. The molecule has 1 aromatic rings. The highest BCUT2D eigenvalue weighted by Crippen LogP contribution is 2.12. The second-order valence-corrected chi connectivity index (χ2v) is 1.58. The van der Waals surface area contributed by atoms with Gasteiger partial charge in [0.15, 0.2) is 5.69 Å². The Bertz CT molecular complexity index is 270. The van der Waals surface area contributed by atoms with Crippen molar-refractivity contribution in [1.29, 1.82) is 0 Å². The fourth-order valence-electron chi connectivity index (χ4n) is 0.517. The van der Waals surface area contributed by atoms with Gasteiger partial charge in [-0.3, -0.25) is 0 Å². The van der Waals surface area contributed by atoms with Gasteiger partial charge < -0.3 is 0 Å². The van der Waals surface area contributed by atoms with Crippen LogP contribution < -0.4 is 0 Å². The van der Waals surface area contributed by atoms with Gasteiger partial charge in [-0.1, -0.05) is 0 Å².